The molecule has 0 aliphatic heterocycles. The predicted molar refractivity (Wildman–Crippen MR) is 84.9 cm³/mol. The third kappa shape index (κ3) is 2.58. The van der Waals surface area contributed by atoms with Crippen molar-refractivity contribution in [2.75, 3.05) is 0 Å². The molecule has 0 fully saturated rings. The molecule has 2 aromatic carbocycles. The monoisotopic (exact) mass is 252 g/mol. The molecule has 2 aromatic rings. The summed E-state index contributed by atoms with van der Waals surface area (Å²) in [6.45, 7) is 13.2. The van der Waals surface area contributed by atoms with Crippen molar-refractivity contribution in [3.05, 3.63) is 57.6 Å². The van der Waals surface area contributed by atoms with E-state index >= 15 is 0 Å². The van der Waals surface area contributed by atoms with E-state index in [0.29, 0.717) is 0 Å². The highest BCUT2D eigenvalue weighted by Gasteiger charge is 2.10. The minimum absolute atomic E-state index is 1.09. The standard InChI is InChI=1S/C19H24/c1-7-17-9-13(3)15(5)11-19(17)18-10-14(4)12(2)8-16(18)6/h8-11H,7H2,1-6H3. The van der Waals surface area contributed by atoms with Crippen LogP contribution >= 0.6 is 0 Å². The lowest BCUT2D eigenvalue weighted by atomic mass is 9.89. The molecule has 2 rings (SSSR count). The van der Waals surface area contributed by atoms with Crippen LogP contribution in [0.4, 0.5) is 0 Å². The molecular weight excluding hydrogens is 228 g/mol. The molecule has 0 aliphatic rings. The summed E-state index contributed by atoms with van der Waals surface area (Å²) in [4.78, 5) is 0. The van der Waals surface area contributed by atoms with E-state index in [-0.39, 0.29) is 0 Å². The first-order valence-corrected chi connectivity index (χ1v) is 7.12. The van der Waals surface area contributed by atoms with Crippen molar-refractivity contribution in [1.82, 2.24) is 0 Å². The Balaban J connectivity index is 2.71. The van der Waals surface area contributed by atoms with E-state index in [0.717, 1.165) is 6.42 Å². The molecule has 0 aromatic heterocycles. The summed E-state index contributed by atoms with van der Waals surface area (Å²) >= 11 is 0. The molecule has 0 heterocycles. The maximum Gasteiger partial charge on any atom is -0.0146 e. The summed E-state index contributed by atoms with van der Waals surface area (Å²) in [6, 6.07) is 9.35. The van der Waals surface area contributed by atoms with Crippen LogP contribution in [-0.2, 0) is 6.42 Å². The van der Waals surface area contributed by atoms with Gasteiger partial charge in [0.05, 0.1) is 0 Å². The van der Waals surface area contributed by atoms with Crippen LogP contribution in [0.2, 0.25) is 0 Å². The van der Waals surface area contributed by atoms with Crippen molar-refractivity contribution >= 4 is 0 Å². The van der Waals surface area contributed by atoms with Crippen molar-refractivity contribution in [2.24, 2.45) is 0 Å². The van der Waals surface area contributed by atoms with Crippen molar-refractivity contribution in [3.63, 3.8) is 0 Å². The van der Waals surface area contributed by atoms with Gasteiger partial charge in [-0.2, -0.15) is 0 Å². The second-order valence-electron chi connectivity index (χ2n) is 5.70. The molecule has 0 N–H and O–H groups in total. The Morgan fingerprint density at radius 2 is 1.05 bits per heavy atom. The fourth-order valence-corrected chi connectivity index (χ4v) is 2.67. The van der Waals surface area contributed by atoms with Gasteiger partial charge in [-0.25, -0.2) is 0 Å². The zero-order chi connectivity index (χ0) is 14.2. The second kappa shape index (κ2) is 5.21. The fourth-order valence-electron chi connectivity index (χ4n) is 2.67. The second-order valence-corrected chi connectivity index (χ2v) is 5.70. The lowest BCUT2D eigenvalue weighted by molar-refractivity contribution is 1.12. The lowest BCUT2D eigenvalue weighted by Gasteiger charge is -2.16. The summed E-state index contributed by atoms with van der Waals surface area (Å²) in [5.41, 5.74) is 11.2. The summed E-state index contributed by atoms with van der Waals surface area (Å²) in [6.07, 6.45) is 1.09. The highest BCUT2D eigenvalue weighted by molar-refractivity contribution is 5.73. The van der Waals surface area contributed by atoms with Crippen LogP contribution in [0.5, 0.6) is 0 Å². The number of hydrogen-bond donors (Lipinski definition) is 0. The van der Waals surface area contributed by atoms with Crippen LogP contribution in [0, 0.1) is 34.6 Å². The SMILES string of the molecule is CCc1cc(C)c(C)cc1-c1cc(C)c(C)cc1C. The molecule has 0 radical (unpaired) electrons. The quantitative estimate of drug-likeness (QED) is 0.666. The number of benzene rings is 2. The Morgan fingerprint density at radius 3 is 1.63 bits per heavy atom. The molecule has 0 saturated carbocycles. The first-order valence-electron chi connectivity index (χ1n) is 7.12. The first kappa shape index (κ1) is 13.9. The van der Waals surface area contributed by atoms with E-state index in [4.69, 9.17) is 0 Å². The molecule has 0 saturated heterocycles. The molecular formula is C19H24. The predicted octanol–water partition coefficient (Wildman–Crippen LogP) is 5.46. The summed E-state index contributed by atoms with van der Waals surface area (Å²) < 4.78 is 0. The van der Waals surface area contributed by atoms with Gasteiger partial charge in [0.15, 0.2) is 0 Å². The normalized spacial score (nSPS) is 10.8. The highest BCUT2D eigenvalue weighted by atomic mass is 14.1. The minimum Gasteiger partial charge on any atom is -0.0613 e. The molecule has 0 nitrogen and oxygen atoms in total. The van der Waals surface area contributed by atoms with Crippen LogP contribution < -0.4 is 0 Å². The van der Waals surface area contributed by atoms with Gasteiger partial charge in [-0.15, -0.1) is 0 Å². The van der Waals surface area contributed by atoms with Gasteiger partial charge in [-0.3, -0.25) is 0 Å². The van der Waals surface area contributed by atoms with E-state index in [1.807, 2.05) is 0 Å². The van der Waals surface area contributed by atoms with Crippen LogP contribution in [0.25, 0.3) is 11.1 Å². The van der Waals surface area contributed by atoms with Gasteiger partial charge in [-0.1, -0.05) is 31.2 Å². The Hall–Kier alpha value is -1.56. The van der Waals surface area contributed by atoms with Crippen molar-refractivity contribution < 1.29 is 0 Å². The molecule has 100 valence electrons. The number of aryl methyl sites for hydroxylation is 6. The van der Waals surface area contributed by atoms with Crippen LogP contribution in [0.15, 0.2) is 24.3 Å². The van der Waals surface area contributed by atoms with Gasteiger partial charge in [0.2, 0.25) is 0 Å². The van der Waals surface area contributed by atoms with Crippen LogP contribution in [0.3, 0.4) is 0 Å². The summed E-state index contributed by atoms with van der Waals surface area (Å²) in [5.74, 6) is 0. The summed E-state index contributed by atoms with van der Waals surface area (Å²) in [5, 5.41) is 0. The zero-order valence-corrected chi connectivity index (χ0v) is 13.0. The topological polar surface area (TPSA) is 0 Å². The van der Waals surface area contributed by atoms with Gasteiger partial charge >= 0.3 is 0 Å². The number of rotatable bonds is 2. The van der Waals surface area contributed by atoms with Gasteiger partial charge in [0.1, 0.15) is 0 Å². The molecule has 19 heavy (non-hydrogen) atoms. The third-order valence-electron chi connectivity index (χ3n) is 4.23. The van der Waals surface area contributed by atoms with Crippen molar-refractivity contribution in [3.8, 4) is 11.1 Å². The van der Waals surface area contributed by atoms with Gasteiger partial charge in [-0.05, 0) is 85.5 Å². The van der Waals surface area contributed by atoms with E-state index in [1.54, 1.807) is 0 Å². The van der Waals surface area contributed by atoms with Crippen molar-refractivity contribution in [1.29, 1.82) is 0 Å². The molecule has 0 unspecified atom stereocenters. The first-order chi connectivity index (χ1) is 8.93. The molecule has 0 aliphatic carbocycles. The summed E-state index contributed by atoms with van der Waals surface area (Å²) in [7, 11) is 0. The molecule has 0 bridgehead atoms. The average Bonchev–Trinajstić information content (AvgIpc) is 2.36. The third-order valence-corrected chi connectivity index (χ3v) is 4.23. The van der Waals surface area contributed by atoms with E-state index in [9.17, 15) is 0 Å². The Labute approximate surface area is 117 Å². The molecule has 0 spiro atoms. The van der Waals surface area contributed by atoms with Crippen LogP contribution in [-0.4, -0.2) is 0 Å². The van der Waals surface area contributed by atoms with Gasteiger partial charge < -0.3 is 0 Å². The van der Waals surface area contributed by atoms with Gasteiger partial charge in [0.25, 0.3) is 0 Å². The molecule has 0 heteroatoms. The highest BCUT2D eigenvalue weighted by Crippen LogP contribution is 2.31. The maximum atomic E-state index is 2.35. The van der Waals surface area contributed by atoms with Crippen molar-refractivity contribution in [2.45, 2.75) is 48.0 Å². The van der Waals surface area contributed by atoms with E-state index < -0.39 is 0 Å². The van der Waals surface area contributed by atoms with E-state index in [2.05, 4.69) is 65.8 Å². The Morgan fingerprint density at radius 1 is 0.579 bits per heavy atom. The average molecular weight is 252 g/mol. The maximum absolute atomic E-state index is 2.35. The smallest absolute Gasteiger partial charge is 0.0146 e. The van der Waals surface area contributed by atoms with Gasteiger partial charge in [0, 0.05) is 0 Å². The number of hydrogen-bond acceptors (Lipinski definition) is 0. The zero-order valence-electron chi connectivity index (χ0n) is 13.0. The molecule has 0 atom stereocenters. The molecule has 0 amide bonds. The Bertz CT molecular complexity index is 618. The van der Waals surface area contributed by atoms with Crippen LogP contribution in [0.1, 0.15) is 40.3 Å². The fraction of sp³-hybridized carbons (Fsp3) is 0.368. The lowest BCUT2D eigenvalue weighted by Crippen LogP contribution is -1.95. The Kier molecular flexibility index (Phi) is 3.80. The van der Waals surface area contributed by atoms with E-state index in [1.165, 1.54) is 44.5 Å². The largest absolute Gasteiger partial charge is 0.0613 e. The minimum atomic E-state index is 1.09.